The third kappa shape index (κ3) is 0.988. The first-order valence-electron chi connectivity index (χ1n) is 3.09. The van der Waals surface area contributed by atoms with Crippen LogP contribution in [0.15, 0.2) is 6.20 Å². The molecule has 0 saturated carbocycles. The van der Waals surface area contributed by atoms with E-state index in [1.165, 1.54) is 6.42 Å². The maximum atomic E-state index is 3.17. The molecule has 1 nitrogen and oxygen atoms in total. The molecule has 1 aliphatic heterocycles. The molecular formula is C7H12N+. The number of nitrogens with zero attached hydrogens (tertiary/aromatic N) is 1. The summed E-state index contributed by atoms with van der Waals surface area (Å²) in [6, 6.07) is 0.719. The molecule has 1 atom stereocenters. The minimum Gasteiger partial charge on any atom is -0.335 e. The molecule has 0 fully saturated rings. The van der Waals surface area contributed by atoms with Gasteiger partial charge in [0.05, 0.1) is 0 Å². The van der Waals surface area contributed by atoms with Gasteiger partial charge in [0.15, 0.2) is 6.42 Å². The summed E-state index contributed by atoms with van der Waals surface area (Å²) in [5.74, 6) is 0. The van der Waals surface area contributed by atoms with E-state index in [-0.39, 0.29) is 0 Å². The highest BCUT2D eigenvalue weighted by Crippen LogP contribution is 2.09. The summed E-state index contributed by atoms with van der Waals surface area (Å²) in [5, 5.41) is 0. The Kier molecular flexibility index (Phi) is 1.50. The summed E-state index contributed by atoms with van der Waals surface area (Å²) in [4.78, 5) is 2.20. The molecule has 0 amide bonds. The van der Waals surface area contributed by atoms with Gasteiger partial charge < -0.3 is 4.90 Å². The Bertz CT molecular complexity index is 96.6. The van der Waals surface area contributed by atoms with Crippen molar-refractivity contribution in [2.24, 2.45) is 0 Å². The Morgan fingerprint density at radius 2 is 2.50 bits per heavy atom. The van der Waals surface area contributed by atoms with Gasteiger partial charge in [0.2, 0.25) is 12.3 Å². The molecule has 0 aromatic carbocycles. The van der Waals surface area contributed by atoms with E-state index in [9.17, 15) is 0 Å². The average Bonchev–Trinajstić information content (AvgIpc) is 1.77. The van der Waals surface area contributed by atoms with Crippen LogP contribution in [-0.2, 0) is 0 Å². The van der Waals surface area contributed by atoms with Gasteiger partial charge in [-0.2, -0.15) is 0 Å². The van der Waals surface area contributed by atoms with Gasteiger partial charge >= 0.3 is 0 Å². The normalized spacial score (nSPS) is 27.8. The molecule has 1 unspecified atom stereocenters. The van der Waals surface area contributed by atoms with Gasteiger partial charge in [-0.25, -0.2) is 0 Å². The second kappa shape index (κ2) is 2.15. The molecule has 0 aromatic rings. The monoisotopic (exact) mass is 110 g/mol. The Morgan fingerprint density at radius 3 is 2.88 bits per heavy atom. The largest absolute Gasteiger partial charge is 0.335 e. The summed E-state index contributed by atoms with van der Waals surface area (Å²) < 4.78 is 0. The van der Waals surface area contributed by atoms with Crippen LogP contribution in [0.4, 0.5) is 0 Å². The van der Waals surface area contributed by atoms with Crippen LogP contribution in [-0.4, -0.2) is 18.0 Å². The third-order valence-corrected chi connectivity index (χ3v) is 1.70. The predicted molar refractivity (Wildman–Crippen MR) is 34.3 cm³/mol. The quantitative estimate of drug-likeness (QED) is 0.426. The van der Waals surface area contributed by atoms with Crippen LogP contribution in [0.25, 0.3) is 0 Å². The van der Waals surface area contributed by atoms with Crippen molar-refractivity contribution in [2.75, 3.05) is 7.05 Å². The topological polar surface area (TPSA) is 3.24 Å². The molecule has 1 aliphatic rings. The molecule has 0 saturated heterocycles. The van der Waals surface area contributed by atoms with E-state index >= 15 is 0 Å². The molecule has 0 aliphatic carbocycles. The molecule has 0 radical (unpaired) electrons. The molecule has 0 N–H and O–H groups in total. The van der Waals surface area contributed by atoms with Gasteiger partial charge in [0.25, 0.3) is 0 Å². The van der Waals surface area contributed by atoms with Crippen LogP contribution in [0.3, 0.4) is 0 Å². The maximum absolute atomic E-state index is 3.17. The minimum absolute atomic E-state index is 0.719. The molecule has 44 valence electrons. The number of rotatable bonds is 0. The fourth-order valence-electron chi connectivity index (χ4n) is 0.832. The van der Waals surface area contributed by atoms with Gasteiger partial charge in [0, 0.05) is 19.5 Å². The average molecular weight is 110 g/mol. The minimum atomic E-state index is 0.719. The first-order valence-corrected chi connectivity index (χ1v) is 3.09. The zero-order valence-corrected chi connectivity index (χ0v) is 5.52. The first kappa shape index (κ1) is 5.58. The third-order valence-electron chi connectivity index (χ3n) is 1.70. The Balaban J connectivity index is 2.47. The van der Waals surface area contributed by atoms with Crippen molar-refractivity contribution < 1.29 is 0 Å². The first-order chi connectivity index (χ1) is 3.80. The van der Waals surface area contributed by atoms with Crippen molar-refractivity contribution in [1.29, 1.82) is 0 Å². The zero-order valence-electron chi connectivity index (χ0n) is 5.52. The summed E-state index contributed by atoms with van der Waals surface area (Å²) in [6.07, 6.45) is 7.59. The van der Waals surface area contributed by atoms with Crippen molar-refractivity contribution >= 4 is 0 Å². The van der Waals surface area contributed by atoms with E-state index in [2.05, 4.69) is 24.9 Å². The highest BCUT2D eigenvalue weighted by molar-refractivity contribution is 4.83. The molecule has 1 rings (SSSR count). The van der Waals surface area contributed by atoms with Crippen LogP contribution < -0.4 is 0 Å². The molecule has 1 heterocycles. The molecule has 0 bridgehead atoms. The highest BCUT2D eigenvalue weighted by atomic mass is 15.1. The number of allylic oxidation sites excluding steroid dienone is 1. The van der Waals surface area contributed by atoms with Crippen LogP contribution in [0.5, 0.6) is 0 Å². The Labute approximate surface area is 51.0 Å². The fraction of sp³-hybridized carbons (Fsp3) is 0.714. The SMILES string of the molecule is CC1CC[C+]=CN1C. The summed E-state index contributed by atoms with van der Waals surface area (Å²) >= 11 is 0. The van der Waals surface area contributed by atoms with E-state index in [1.807, 2.05) is 6.20 Å². The second-order valence-corrected chi connectivity index (χ2v) is 2.39. The smallest absolute Gasteiger partial charge is 0.243 e. The second-order valence-electron chi connectivity index (χ2n) is 2.39. The number of hydrogen-bond acceptors (Lipinski definition) is 1. The van der Waals surface area contributed by atoms with Gasteiger partial charge in [-0.05, 0) is 6.92 Å². The fourth-order valence-corrected chi connectivity index (χ4v) is 0.832. The van der Waals surface area contributed by atoms with Crippen LogP contribution in [0.1, 0.15) is 19.8 Å². The summed E-state index contributed by atoms with van der Waals surface area (Å²) in [5.41, 5.74) is 0. The van der Waals surface area contributed by atoms with Crippen molar-refractivity contribution in [1.82, 2.24) is 4.90 Å². The standard InChI is InChI=1S/C7H12N/c1-7-5-3-4-6-8(7)2/h6-7H,3,5H2,1-2H3/q+1. The highest BCUT2D eigenvalue weighted by Gasteiger charge is 2.15. The number of hydrogen-bond donors (Lipinski definition) is 0. The van der Waals surface area contributed by atoms with Gasteiger partial charge in [0.1, 0.15) is 0 Å². The lowest BCUT2D eigenvalue weighted by Gasteiger charge is -2.19. The Morgan fingerprint density at radius 1 is 1.75 bits per heavy atom. The zero-order chi connectivity index (χ0) is 5.98. The van der Waals surface area contributed by atoms with Crippen molar-refractivity contribution in [2.45, 2.75) is 25.8 Å². The van der Waals surface area contributed by atoms with E-state index in [0.29, 0.717) is 0 Å². The van der Waals surface area contributed by atoms with Crippen LogP contribution in [0.2, 0.25) is 0 Å². The van der Waals surface area contributed by atoms with E-state index < -0.39 is 0 Å². The lowest BCUT2D eigenvalue weighted by molar-refractivity contribution is 0.315. The van der Waals surface area contributed by atoms with Gasteiger partial charge in [-0.1, -0.05) is 0 Å². The predicted octanol–water partition coefficient (Wildman–Crippen LogP) is 1.42. The lowest BCUT2D eigenvalue weighted by atomic mass is 10.1. The van der Waals surface area contributed by atoms with E-state index in [4.69, 9.17) is 0 Å². The van der Waals surface area contributed by atoms with Gasteiger partial charge in [-0.3, -0.25) is 0 Å². The van der Waals surface area contributed by atoms with E-state index in [0.717, 1.165) is 12.5 Å². The van der Waals surface area contributed by atoms with Gasteiger partial charge in [-0.15, -0.1) is 0 Å². The summed E-state index contributed by atoms with van der Waals surface area (Å²) in [7, 11) is 2.09. The van der Waals surface area contributed by atoms with Crippen LogP contribution >= 0.6 is 0 Å². The van der Waals surface area contributed by atoms with E-state index in [1.54, 1.807) is 0 Å². The van der Waals surface area contributed by atoms with Crippen LogP contribution in [0, 0.1) is 6.08 Å². The maximum Gasteiger partial charge on any atom is 0.243 e. The molecule has 8 heavy (non-hydrogen) atoms. The molecule has 0 aromatic heterocycles. The lowest BCUT2D eigenvalue weighted by Crippen LogP contribution is -2.25. The summed E-state index contributed by atoms with van der Waals surface area (Å²) in [6.45, 7) is 2.23. The van der Waals surface area contributed by atoms with Crippen molar-refractivity contribution in [3.8, 4) is 0 Å². The van der Waals surface area contributed by atoms with Crippen molar-refractivity contribution in [3.63, 3.8) is 0 Å². The van der Waals surface area contributed by atoms with Crippen molar-refractivity contribution in [3.05, 3.63) is 12.3 Å². The molecule has 1 heteroatoms. The molecule has 0 spiro atoms. The Hall–Kier alpha value is -0.550. The molecular weight excluding hydrogens is 98.1 g/mol.